The first kappa shape index (κ1) is 15.1. The van der Waals surface area contributed by atoms with Gasteiger partial charge in [0.25, 0.3) is 5.56 Å². The van der Waals surface area contributed by atoms with Crippen LogP contribution in [0.2, 0.25) is 0 Å². The highest BCUT2D eigenvalue weighted by Gasteiger charge is 2.33. The predicted molar refractivity (Wildman–Crippen MR) is 67.5 cm³/mol. The first-order valence-electron chi connectivity index (χ1n) is 6.54. The van der Waals surface area contributed by atoms with Gasteiger partial charge in [-0.15, -0.1) is 0 Å². The Balaban J connectivity index is 1.93. The summed E-state index contributed by atoms with van der Waals surface area (Å²) in [4.78, 5) is 11.6. The Kier molecular flexibility index (Phi) is 4.82. The minimum Gasteiger partial charge on any atom is -0.381 e. The minimum atomic E-state index is -4.51. The zero-order valence-electron chi connectivity index (χ0n) is 10.9. The van der Waals surface area contributed by atoms with Gasteiger partial charge in [0.2, 0.25) is 0 Å². The van der Waals surface area contributed by atoms with Gasteiger partial charge >= 0.3 is 6.18 Å². The SMILES string of the molecule is O=c1cccc(C(F)(F)F)n1CCNCC1CCOC1. The van der Waals surface area contributed by atoms with Crippen molar-refractivity contribution in [3.8, 4) is 0 Å². The molecule has 1 saturated heterocycles. The van der Waals surface area contributed by atoms with Crippen LogP contribution in [0.15, 0.2) is 23.0 Å². The number of hydrogen-bond donors (Lipinski definition) is 1. The van der Waals surface area contributed by atoms with E-state index in [0.717, 1.165) is 35.8 Å². The molecule has 0 amide bonds. The third-order valence-electron chi connectivity index (χ3n) is 3.31. The van der Waals surface area contributed by atoms with Crippen molar-refractivity contribution < 1.29 is 17.9 Å². The van der Waals surface area contributed by atoms with Crippen molar-refractivity contribution >= 4 is 0 Å². The minimum absolute atomic E-state index is 0.00208. The Hall–Kier alpha value is -1.34. The van der Waals surface area contributed by atoms with Crippen LogP contribution in [-0.2, 0) is 17.5 Å². The number of halogens is 3. The van der Waals surface area contributed by atoms with Crippen LogP contribution in [0.25, 0.3) is 0 Å². The molecular weight excluding hydrogens is 273 g/mol. The van der Waals surface area contributed by atoms with E-state index in [4.69, 9.17) is 4.74 Å². The van der Waals surface area contributed by atoms with Crippen LogP contribution in [0.3, 0.4) is 0 Å². The van der Waals surface area contributed by atoms with E-state index in [1.165, 1.54) is 0 Å². The van der Waals surface area contributed by atoms with Gasteiger partial charge in [-0.25, -0.2) is 0 Å². The lowest BCUT2D eigenvalue weighted by molar-refractivity contribution is -0.144. The van der Waals surface area contributed by atoms with E-state index < -0.39 is 17.4 Å². The molecule has 1 atom stereocenters. The smallest absolute Gasteiger partial charge is 0.381 e. The van der Waals surface area contributed by atoms with E-state index in [2.05, 4.69) is 5.32 Å². The van der Waals surface area contributed by atoms with Crippen molar-refractivity contribution in [3.05, 3.63) is 34.2 Å². The van der Waals surface area contributed by atoms with Crippen molar-refractivity contribution in [2.45, 2.75) is 19.1 Å². The van der Waals surface area contributed by atoms with Crippen LogP contribution >= 0.6 is 0 Å². The fraction of sp³-hybridized carbons (Fsp3) is 0.615. The van der Waals surface area contributed by atoms with Gasteiger partial charge in [0.15, 0.2) is 0 Å². The third kappa shape index (κ3) is 3.83. The number of alkyl halides is 3. The lowest BCUT2D eigenvalue weighted by Gasteiger charge is -2.15. The van der Waals surface area contributed by atoms with E-state index in [9.17, 15) is 18.0 Å². The molecule has 0 spiro atoms. The van der Waals surface area contributed by atoms with E-state index in [1.807, 2.05) is 0 Å². The Bertz CT molecular complexity index is 493. The fourth-order valence-electron chi connectivity index (χ4n) is 2.24. The van der Waals surface area contributed by atoms with Crippen molar-refractivity contribution in [3.63, 3.8) is 0 Å². The average molecular weight is 290 g/mol. The van der Waals surface area contributed by atoms with Gasteiger partial charge in [-0.05, 0) is 18.4 Å². The monoisotopic (exact) mass is 290 g/mol. The van der Waals surface area contributed by atoms with Crippen LogP contribution in [0.4, 0.5) is 13.2 Å². The van der Waals surface area contributed by atoms with E-state index in [0.29, 0.717) is 25.6 Å². The third-order valence-corrected chi connectivity index (χ3v) is 3.31. The second-order valence-corrected chi connectivity index (χ2v) is 4.83. The van der Waals surface area contributed by atoms with Crippen molar-refractivity contribution in [1.82, 2.24) is 9.88 Å². The zero-order chi connectivity index (χ0) is 14.6. The average Bonchev–Trinajstić information content (AvgIpc) is 2.88. The summed E-state index contributed by atoms with van der Waals surface area (Å²) in [6, 6.07) is 3.19. The molecule has 0 bridgehead atoms. The molecule has 1 fully saturated rings. The van der Waals surface area contributed by atoms with Crippen LogP contribution in [0.1, 0.15) is 12.1 Å². The number of pyridine rings is 1. The maximum absolute atomic E-state index is 12.8. The molecule has 2 rings (SSSR count). The van der Waals surface area contributed by atoms with Crippen molar-refractivity contribution in [2.24, 2.45) is 5.92 Å². The Labute approximate surface area is 114 Å². The quantitative estimate of drug-likeness (QED) is 0.836. The standard InChI is InChI=1S/C13H17F3N2O2/c14-13(15,16)11-2-1-3-12(19)18(11)6-5-17-8-10-4-7-20-9-10/h1-3,10,17H,4-9H2. The molecule has 1 aliphatic rings. The molecule has 1 unspecified atom stereocenters. The van der Waals surface area contributed by atoms with E-state index in [-0.39, 0.29) is 6.54 Å². The Morgan fingerprint density at radius 2 is 2.20 bits per heavy atom. The fourth-order valence-corrected chi connectivity index (χ4v) is 2.24. The highest BCUT2D eigenvalue weighted by atomic mass is 19.4. The maximum Gasteiger partial charge on any atom is 0.431 e. The second kappa shape index (κ2) is 6.41. The molecule has 1 aromatic heterocycles. The number of hydrogen-bond acceptors (Lipinski definition) is 3. The molecule has 2 heterocycles. The molecule has 1 aliphatic heterocycles. The topological polar surface area (TPSA) is 43.3 Å². The summed E-state index contributed by atoms with van der Waals surface area (Å²) in [7, 11) is 0. The van der Waals surface area contributed by atoms with Gasteiger partial charge < -0.3 is 14.6 Å². The normalized spacial score (nSPS) is 19.4. The molecule has 0 aromatic carbocycles. The highest BCUT2D eigenvalue weighted by Crippen LogP contribution is 2.27. The highest BCUT2D eigenvalue weighted by molar-refractivity contribution is 5.10. The molecule has 20 heavy (non-hydrogen) atoms. The molecule has 0 aliphatic carbocycles. The van der Waals surface area contributed by atoms with Crippen LogP contribution in [0.5, 0.6) is 0 Å². The molecule has 0 radical (unpaired) electrons. The molecule has 1 N–H and O–H groups in total. The first-order chi connectivity index (χ1) is 9.48. The Morgan fingerprint density at radius 1 is 1.40 bits per heavy atom. The van der Waals surface area contributed by atoms with Gasteiger partial charge in [-0.2, -0.15) is 13.2 Å². The van der Waals surface area contributed by atoms with Crippen molar-refractivity contribution in [2.75, 3.05) is 26.3 Å². The summed E-state index contributed by atoms with van der Waals surface area (Å²) in [5.74, 6) is 0.407. The maximum atomic E-state index is 12.8. The number of nitrogens with one attached hydrogen (secondary N) is 1. The van der Waals surface area contributed by atoms with Gasteiger partial charge in [0.1, 0.15) is 5.69 Å². The molecule has 4 nitrogen and oxygen atoms in total. The van der Waals surface area contributed by atoms with Crippen LogP contribution in [-0.4, -0.2) is 30.9 Å². The van der Waals surface area contributed by atoms with Crippen LogP contribution < -0.4 is 10.9 Å². The predicted octanol–water partition coefficient (Wildman–Crippen LogP) is 1.49. The summed E-state index contributed by atoms with van der Waals surface area (Å²) in [6.07, 6.45) is -3.55. The lowest BCUT2D eigenvalue weighted by atomic mass is 10.1. The molecule has 7 heteroatoms. The summed E-state index contributed by atoms with van der Waals surface area (Å²) < 4.78 is 44.3. The van der Waals surface area contributed by atoms with Crippen molar-refractivity contribution in [1.29, 1.82) is 0 Å². The summed E-state index contributed by atoms with van der Waals surface area (Å²) in [5.41, 5.74) is -1.54. The molecule has 0 saturated carbocycles. The first-order valence-corrected chi connectivity index (χ1v) is 6.54. The number of ether oxygens (including phenoxy) is 1. The Morgan fingerprint density at radius 3 is 2.85 bits per heavy atom. The summed E-state index contributed by atoms with van der Waals surface area (Å²) in [6.45, 7) is 2.45. The number of rotatable bonds is 5. The lowest BCUT2D eigenvalue weighted by Crippen LogP contribution is -2.33. The number of nitrogens with zero attached hydrogens (tertiary/aromatic N) is 1. The van der Waals surface area contributed by atoms with E-state index in [1.54, 1.807) is 0 Å². The molecular formula is C13H17F3N2O2. The van der Waals surface area contributed by atoms with Gasteiger partial charge in [0.05, 0.1) is 6.61 Å². The van der Waals surface area contributed by atoms with Gasteiger partial charge in [-0.1, -0.05) is 6.07 Å². The zero-order valence-corrected chi connectivity index (χ0v) is 10.9. The largest absolute Gasteiger partial charge is 0.431 e. The van der Waals surface area contributed by atoms with Crippen LogP contribution in [0, 0.1) is 5.92 Å². The van der Waals surface area contributed by atoms with E-state index >= 15 is 0 Å². The molecule has 1 aromatic rings. The second-order valence-electron chi connectivity index (χ2n) is 4.83. The summed E-state index contributed by atoms with van der Waals surface area (Å²) in [5, 5.41) is 3.07. The van der Waals surface area contributed by atoms with Gasteiger partial charge in [-0.3, -0.25) is 4.79 Å². The number of aromatic nitrogens is 1. The molecule has 112 valence electrons. The van der Waals surface area contributed by atoms with Gasteiger partial charge in [0, 0.05) is 32.3 Å². The summed E-state index contributed by atoms with van der Waals surface area (Å²) >= 11 is 0.